The average Bonchev–Trinajstić information content (AvgIpc) is 2.18. The Bertz CT molecular complexity index is 218. The third kappa shape index (κ3) is 3.52. The maximum atomic E-state index is 11.2. The van der Waals surface area contributed by atoms with Gasteiger partial charge in [0, 0.05) is 6.08 Å². The molecule has 0 radical (unpaired) electrons. The number of carbonyl (C=O) groups is 1. The van der Waals surface area contributed by atoms with E-state index in [0.29, 0.717) is 6.61 Å². The van der Waals surface area contributed by atoms with Gasteiger partial charge in [0.05, 0.1) is 6.61 Å². The number of carbonyl (C=O) groups excluding carboxylic acids is 1. The summed E-state index contributed by atoms with van der Waals surface area (Å²) in [6, 6.07) is 0. The van der Waals surface area contributed by atoms with Crippen molar-refractivity contribution >= 4 is 5.97 Å². The molecular formula is C12H20O2. The van der Waals surface area contributed by atoms with Crippen molar-refractivity contribution in [3.8, 4) is 0 Å². The molecule has 1 atom stereocenters. The Balaban J connectivity index is 2.46. The molecule has 14 heavy (non-hydrogen) atoms. The average molecular weight is 196 g/mol. The lowest BCUT2D eigenvalue weighted by Gasteiger charge is -2.22. The summed E-state index contributed by atoms with van der Waals surface area (Å²) in [6.07, 6.45) is 7.64. The van der Waals surface area contributed by atoms with Gasteiger partial charge in [-0.3, -0.25) is 0 Å². The van der Waals surface area contributed by atoms with Crippen LogP contribution in [0.1, 0.15) is 46.0 Å². The van der Waals surface area contributed by atoms with Crippen LogP contribution in [0, 0.1) is 5.92 Å². The second-order valence-electron chi connectivity index (χ2n) is 3.93. The van der Waals surface area contributed by atoms with E-state index in [9.17, 15) is 4.79 Å². The first-order chi connectivity index (χ1) is 6.76. The van der Waals surface area contributed by atoms with Gasteiger partial charge in [-0.25, -0.2) is 4.79 Å². The lowest BCUT2D eigenvalue weighted by atomic mass is 9.84. The molecule has 0 aromatic rings. The van der Waals surface area contributed by atoms with Crippen LogP contribution in [0.3, 0.4) is 0 Å². The van der Waals surface area contributed by atoms with Gasteiger partial charge in [-0.2, -0.15) is 0 Å². The van der Waals surface area contributed by atoms with Gasteiger partial charge in [-0.1, -0.05) is 18.9 Å². The normalized spacial score (nSPS) is 25.0. The van der Waals surface area contributed by atoms with Crippen LogP contribution in [0.2, 0.25) is 0 Å². The lowest BCUT2D eigenvalue weighted by Crippen LogP contribution is -2.09. The minimum atomic E-state index is -0.167. The van der Waals surface area contributed by atoms with E-state index < -0.39 is 0 Å². The maximum Gasteiger partial charge on any atom is 0.330 e. The minimum Gasteiger partial charge on any atom is -0.463 e. The smallest absolute Gasteiger partial charge is 0.330 e. The summed E-state index contributed by atoms with van der Waals surface area (Å²) < 4.78 is 4.90. The van der Waals surface area contributed by atoms with Gasteiger partial charge < -0.3 is 4.74 Å². The van der Waals surface area contributed by atoms with Crippen LogP contribution < -0.4 is 0 Å². The van der Waals surface area contributed by atoms with Crippen LogP contribution in [0.15, 0.2) is 11.6 Å². The Morgan fingerprint density at radius 3 is 3.00 bits per heavy atom. The molecule has 0 aliphatic heterocycles. The molecule has 0 N–H and O–H groups in total. The molecule has 0 saturated heterocycles. The van der Waals surface area contributed by atoms with E-state index in [-0.39, 0.29) is 5.97 Å². The summed E-state index contributed by atoms with van der Waals surface area (Å²) >= 11 is 0. The number of hydrogen-bond donors (Lipinski definition) is 0. The van der Waals surface area contributed by atoms with Crippen LogP contribution in [0.5, 0.6) is 0 Å². The third-order valence-electron chi connectivity index (χ3n) is 2.85. The van der Waals surface area contributed by atoms with Gasteiger partial charge in [0.25, 0.3) is 0 Å². The van der Waals surface area contributed by atoms with Gasteiger partial charge in [0.1, 0.15) is 0 Å². The standard InChI is InChI=1S/C12H20O2/c1-3-10-6-5-7-11(8-10)9-12(13)14-4-2/h9-10H,3-8H2,1-2H3/b11-9-. The molecule has 0 aromatic carbocycles. The first-order valence-electron chi connectivity index (χ1n) is 5.62. The first kappa shape index (κ1) is 11.3. The predicted octanol–water partition coefficient (Wildman–Crippen LogP) is 3.08. The highest BCUT2D eigenvalue weighted by molar-refractivity contribution is 5.82. The fraction of sp³-hybridized carbons (Fsp3) is 0.750. The molecule has 0 heterocycles. The molecule has 0 spiro atoms. The molecule has 1 unspecified atom stereocenters. The van der Waals surface area contributed by atoms with Gasteiger partial charge in [-0.15, -0.1) is 0 Å². The number of hydrogen-bond acceptors (Lipinski definition) is 2. The summed E-state index contributed by atoms with van der Waals surface area (Å²) in [5, 5.41) is 0. The van der Waals surface area contributed by atoms with Gasteiger partial charge >= 0.3 is 5.97 Å². The van der Waals surface area contributed by atoms with Crippen LogP contribution in [0.4, 0.5) is 0 Å². The summed E-state index contributed by atoms with van der Waals surface area (Å²) in [5.41, 5.74) is 1.28. The van der Waals surface area contributed by atoms with Crippen molar-refractivity contribution < 1.29 is 9.53 Å². The molecule has 80 valence electrons. The zero-order chi connectivity index (χ0) is 10.4. The van der Waals surface area contributed by atoms with Crippen molar-refractivity contribution in [3.05, 3.63) is 11.6 Å². The number of esters is 1. The molecule has 1 aliphatic rings. The van der Waals surface area contributed by atoms with Crippen LogP contribution in [-0.2, 0) is 9.53 Å². The maximum absolute atomic E-state index is 11.2. The molecule has 1 aliphatic carbocycles. The molecule has 2 heteroatoms. The number of allylic oxidation sites excluding steroid dienone is 1. The predicted molar refractivity (Wildman–Crippen MR) is 57.0 cm³/mol. The Morgan fingerprint density at radius 1 is 1.57 bits per heavy atom. The second-order valence-corrected chi connectivity index (χ2v) is 3.93. The van der Waals surface area contributed by atoms with Crippen molar-refractivity contribution in [1.82, 2.24) is 0 Å². The zero-order valence-electron chi connectivity index (χ0n) is 9.21. The highest BCUT2D eigenvalue weighted by Crippen LogP contribution is 2.30. The fourth-order valence-electron chi connectivity index (χ4n) is 2.02. The van der Waals surface area contributed by atoms with Crippen molar-refractivity contribution in [1.29, 1.82) is 0 Å². The first-order valence-corrected chi connectivity index (χ1v) is 5.62. The van der Waals surface area contributed by atoms with E-state index in [1.165, 1.54) is 24.8 Å². The Kier molecular flexibility index (Phi) is 4.71. The highest BCUT2D eigenvalue weighted by Gasteiger charge is 2.16. The molecule has 1 saturated carbocycles. The quantitative estimate of drug-likeness (QED) is 0.512. The van der Waals surface area contributed by atoms with Crippen molar-refractivity contribution in [2.45, 2.75) is 46.0 Å². The summed E-state index contributed by atoms with van der Waals surface area (Å²) in [7, 11) is 0. The highest BCUT2D eigenvalue weighted by atomic mass is 16.5. The summed E-state index contributed by atoms with van der Waals surface area (Å²) in [6.45, 7) is 4.53. The molecule has 0 bridgehead atoms. The molecule has 1 rings (SSSR count). The van der Waals surface area contributed by atoms with Gasteiger partial charge in [0.2, 0.25) is 0 Å². The number of rotatable bonds is 3. The second kappa shape index (κ2) is 5.84. The lowest BCUT2D eigenvalue weighted by molar-refractivity contribution is -0.137. The van der Waals surface area contributed by atoms with Crippen molar-refractivity contribution in [2.75, 3.05) is 6.61 Å². The minimum absolute atomic E-state index is 0.167. The number of ether oxygens (including phenoxy) is 1. The third-order valence-corrected chi connectivity index (χ3v) is 2.85. The van der Waals surface area contributed by atoms with E-state index in [1.807, 2.05) is 6.92 Å². The largest absolute Gasteiger partial charge is 0.463 e. The molecular weight excluding hydrogens is 176 g/mol. The Hall–Kier alpha value is -0.790. The van der Waals surface area contributed by atoms with E-state index in [1.54, 1.807) is 6.08 Å². The van der Waals surface area contributed by atoms with Gasteiger partial charge in [0.15, 0.2) is 0 Å². The van der Waals surface area contributed by atoms with Crippen LogP contribution in [-0.4, -0.2) is 12.6 Å². The summed E-state index contributed by atoms with van der Waals surface area (Å²) in [5.74, 6) is 0.615. The van der Waals surface area contributed by atoms with Crippen molar-refractivity contribution in [3.63, 3.8) is 0 Å². The zero-order valence-corrected chi connectivity index (χ0v) is 9.21. The van der Waals surface area contributed by atoms with Crippen LogP contribution >= 0.6 is 0 Å². The summed E-state index contributed by atoms with van der Waals surface area (Å²) in [4.78, 5) is 11.2. The van der Waals surface area contributed by atoms with E-state index in [4.69, 9.17) is 4.74 Å². The van der Waals surface area contributed by atoms with Gasteiger partial charge in [-0.05, 0) is 38.5 Å². The molecule has 2 nitrogen and oxygen atoms in total. The van der Waals surface area contributed by atoms with E-state index >= 15 is 0 Å². The van der Waals surface area contributed by atoms with E-state index in [0.717, 1.165) is 18.8 Å². The topological polar surface area (TPSA) is 26.3 Å². The molecule has 0 aromatic heterocycles. The monoisotopic (exact) mass is 196 g/mol. The fourth-order valence-corrected chi connectivity index (χ4v) is 2.02. The Morgan fingerprint density at radius 2 is 2.36 bits per heavy atom. The molecule has 0 amide bonds. The van der Waals surface area contributed by atoms with E-state index in [2.05, 4.69) is 6.92 Å². The van der Waals surface area contributed by atoms with Crippen molar-refractivity contribution in [2.24, 2.45) is 5.92 Å². The SMILES string of the molecule is CCOC(=O)/C=C1/CCCC(CC)C1. The van der Waals surface area contributed by atoms with Crippen LogP contribution in [0.25, 0.3) is 0 Å². The molecule has 1 fully saturated rings. The Labute approximate surface area is 86.3 Å².